The number of primary amides is 1. The normalized spacial score (nSPS) is 18.5. The molecule has 0 unspecified atom stereocenters. The van der Waals surface area contributed by atoms with Gasteiger partial charge in [-0.3, -0.25) is 19.4 Å². The number of likely N-dealkylation sites (tertiary alicyclic amines) is 1. The van der Waals surface area contributed by atoms with Gasteiger partial charge in [0.1, 0.15) is 5.75 Å². The predicted molar refractivity (Wildman–Crippen MR) is 110 cm³/mol. The van der Waals surface area contributed by atoms with Gasteiger partial charge in [0.05, 0.1) is 30.6 Å². The number of halogens is 3. The molecule has 3 amide bonds. The number of nitrogens with zero attached hydrogens (tertiary/aromatic N) is 3. The molecule has 0 saturated carbocycles. The van der Waals surface area contributed by atoms with E-state index in [4.69, 9.17) is 10.5 Å². The maximum absolute atomic E-state index is 13.2. The van der Waals surface area contributed by atoms with Gasteiger partial charge in [-0.15, -0.1) is 0 Å². The summed E-state index contributed by atoms with van der Waals surface area (Å²) in [5, 5.41) is 2.38. The topological polar surface area (TPSA) is 128 Å². The lowest BCUT2D eigenvalue weighted by Gasteiger charge is -2.38. The van der Waals surface area contributed by atoms with Gasteiger partial charge in [0.25, 0.3) is 0 Å². The van der Waals surface area contributed by atoms with E-state index in [0.717, 1.165) is 13.3 Å². The number of alkyl halides is 3. The van der Waals surface area contributed by atoms with E-state index in [2.05, 4.69) is 15.3 Å². The van der Waals surface area contributed by atoms with Crippen LogP contribution in [-0.4, -0.2) is 46.2 Å². The van der Waals surface area contributed by atoms with E-state index in [1.807, 2.05) is 6.92 Å². The first-order chi connectivity index (χ1) is 15.5. The predicted octanol–water partition coefficient (Wildman–Crippen LogP) is 2.54. The fourth-order valence-electron chi connectivity index (χ4n) is 3.69. The zero-order chi connectivity index (χ0) is 24.3. The van der Waals surface area contributed by atoms with E-state index < -0.39 is 41.4 Å². The highest BCUT2D eigenvalue weighted by Crippen LogP contribution is 2.39. The molecule has 2 atom stereocenters. The lowest BCUT2D eigenvalue weighted by Crippen LogP contribution is -2.46. The lowest BCUT2D eigenvalue weighted by molar-refractivity contribution is -0.146. The number of methoxy groups -OCH3 is 1. The molecule has 2 aromatic heterocycles. The summed E-state index contributed by atoms with van der Waals surface area (Å²) in [6, 6.07) is 1.80. The van der Waals surface area contributed by atoms with Crippen LogP contribution in [0.4, 0.5) is 18.9 Å². The zero-order valence-electron chi connectivity index (χ0n) is 17.8. The highest BCUT2D eigenvalue weighted by molar-refractivity contribution is 6.39. The number of amides is 3. The molecular formula is C21H22F3N5O4. The van der Waals surface area contributed by atoms with Crippen LogP contribution >= 0.6 is 0 Å². The van der Waals surface area contributed by atoms with Gasteiger partial charge in [-0.05, 0) is 36.5 Å². The molecule has 3 rings (SSSR count). The highest BCUT2D eigenvalue weighted by atomic mass is 19.4. The monoisotopic (exact) mass is 465 g/mol. The van der Waals surface area contributed by atoms with E-state index in [0.29, 0.717) is 18.4 Å². The summed E-state index contributed by atoms with van der Waals surface area (Å²) < 4.78 is 44.4. The third-order valence-corrected chi connectivity index (χ3v) is 5.30. The Kier molecular flexibility index (Phi) is 6.84. The first kappa shape index (κ1) is 24.0. The second kappa shape index (κ2) is 9.43. The van der Waals surface area contributed by atoms with Crippen LogP contribution in [0.15, 0.2) is 30.7 Å². The molecule has 1 fully saturated rings. The van der Waals surface area contributed by atoms with Gasteiger partial charge >= 0.3 is 18.0 Å². The van der Waals surface area contributed by atoms with E-state index in [-0.39, 0.29) is 23.7 Å². The Morgan fingerprint density at radius 2 is 1.91 bits per heavy atom. The molecule has 1 aliphatic rings. The molecule has 2 aromatic rings. The Bertz CT molecular complexity index is 1080. The Morgan fingerprint density at radius 1 is 1.18 bits per heavy atom. The van der Waals surface area contributed by atoms with Gasteiger partial charge in [0, 0.05) is 18.9 Å². The number of nitrogens with two attached hydrogens (primary N) is 1. The summed E-state index contributed by atoms with van der Waals surface area (Å²) in [5.74, 6) is -3.01. The maximum Gasteiger partial charge on any atom is 0.437 e. The molecule has 176 valence electrons. The van der Waals surface area contributed by atoms with Gasteiger partial charge < -0.3 is 20.7 Å². The van der Waals surface area contributed by atoms with Crippen LogP contribution in [0.3, 0.4) is 0 Å². The first-order valence-electron chi connectivity index (χ1n) is 9.99. The molecule has 3 N–H and O–H groups in total. The second-order valence-electron chi connectivity index (χ2n) is 7.75. The van der Waals surface area contributed by atoms with Crippen molar-refractivity contribution in [1.82, 2.24) is 14.9 Å². The van der Waals surface area contributed by atoms with Crippen molar-refractivity contribution in [3.8, 4) is 5.75 Å². The van der Waals surface area contributed by atoms with Crippen LogP contribution in [0.1, 0.15) is 47.4 Å². The number of nitrogens with one attached hydrogen (secondary N) is 1. The van der Waals surface area contributed by atoms with Crippen LogP contribution in [0, 0.1) is 5.92 Å². The van der Waals surface area contributed by atoms with Crippen molar-refractivity contribution in [1.29, 1.82) is 0 Å². The van der Waals surface area contributed by atoms with Crippen molar-refractivity contribution >= 4 is 23.4 Å². The molecule has 0 bridgehead atoms. The van der Waals surface area contributed by atoms with Crippen LogP contribution in [-0.2, 0) is 15.8 Å². The largest absolute Gasteiger partial charge is 0.494 e. The van der Waals surface area contributed by atoms with Crippen molar-refractivity contribution < 1.29 is 32.3 Å². The third kappa shape index (κ3) is 5.38. The van der Waals surface area contributed by atoms with Crippen LogP contribution < -0.4 is 15.8 Å². The van der Waals surface area contributed by atoms with Crippen molar-refractivity contribution in [3.05, 3.63) is 47.5 Å². The molecule has 1 saturated heterocycles. The number of aromatic nitrogens is 2. The average Bonchev–Trinajstić information content (AvgIpc) is 2.77. The number of pyridine rings is 2. The zero-order valence-corrected chi connectivity index (χ0v) is 17.8. The van der Waals surface area contributed by atoms with E-state index >= 15 is 0 Å². The summed E-state index contributed by atoms with van der Waals surface area (Å²) >= 11 is 0. The molecule has 33 heavy (non-hydrogen) atoms. The number of ether oxygens (including phenoxy) is 1. The molecule has 12 heteroatoms. The second-order valence-corrected chi connectivity index (χ2v) is 7.75. The number of hydrogen-bond acceptors (Lipinski definition) is 6. The Balaban J connectivity index is 1.86. The fourth-order valence-corrected chi connectivity index (χ4v) is 3.69. The molecule has 0 aliphatic carbocycles. The van der Waals surface area contributed by atoms with Crippen LogP contribution in [0.2, 0.25) is 0 Å². The Hall–Kier alpha value is -3.70. The minimum absolute atomic E-state index is 0.0487. The quantitative estimate of drug-likeness (QED) is 0.668. The van der Waals surface area contributed by atoms with Crippen molar-refractivity contribution in [3.63, 3.8) is 0 Å². The average molecular weight is 465 g/mol. The van der Waals surface area contributed by atoms with Gasteiger partial charge in [-0.2, -0.15) is 13.2 Å². The summed E-state index contributed by atoms with van der Waals surface area (Å²) in [6.07, 6.45) is -0.0664. The first-order valence-corrected chi connectivity index (χ1v) is 9.99. The van der Waals surface area contributed by atoms with Gasteiger partial charge in [-0.25, -0.2) is 4.98 Å². The lowest BCUT2D eigenvalue weighted by atomic mass is 9.90. The summed E-state index contributed by atoms with van der Waals surface area (Å²) in [4.78, 5) is 45.6. The molecule has 0 spiro atoms. The highest BCUT2D eigenvalue weighted by Gasteiger charge is 2.39. The molecule has 3 heterocycles. The van der Waals surface area contributed by atoms with Crippen LogP contribution in [0.5, 0.6) is 5.75 Å². The SMILES string of the molecule is COc1cc([C@@H]2CC[C@@H](C)CN2C(=O)C(=O)Nc2cncc(C(N)=O)c2)cnc1C(F)(F)F. The van der Waals surface area contributed by atoms with Gasteiger partial charge in [0.2, 0.25) is 5.91 Å². The molecule has 1 aliphatic heterocycles. The number of hydrogen-bond donors (Lipinski definition) is 2. The number of carbonyl (C=O) groups excluding carboxylic acids is 3. The maximum atomic E-state index is 13.2. The van der Waals surface area contributed by atoms with E-state index in [1.165, 1.54) is 29.4 Å². The number of rotatable bonds is 4. The number of anilines is 1. The number of carbonyl (C=O) groups is 3. The van der Waals surface area contributed by atoms with Crippen molar-refractivity contribution in [2.75, 3.05) is 19.0 Å². The van der Waals surface area contributed by atoms with Gasteiger partial charge in [0.15, 0.2) is 5.69 Å². The Labute approximate surface area is 187 Å². The van der Waals surface area contributed by atoms with Gasteiger partial charge in [-0.1, -0.05) is 6.92 Å². The molecule has 0 radical (unpaired) electrons. The third-order valence-electron chi connectivity index (χ3n) is 5.30. The van der Waals surface area contributed by atoms with Crippen molar-refractivity contribution in [2.24, 2.45) is 11.7 Å². The Morgan fingerprint density at radius 3 is 2.55 bits per heavy atom. The summed E-state index contributed by atoms with van der Waals surface area (Å²) in [6.45, 7) is 2.13. The fraction of sp³-hybridized carbons (Fsp3) is 0.381. The van der Waals surface area contributed by atoms with Crippen molar-refractivity contribution in [2.45, 2.75) is 32.0 Å². The molecule has 0 aromatic carbocycles. The minimum Gasteiger partial charge on any atom is -0.494 e. The molecule has 9 nitrogen and oxygen atoms in total. The van der Waals surface area contributed by atoms with E-state index in [1.54, 1.807) is 0 Å². The molecular weight excluding hydrogens is 443 g/mol. The standard InChI is InChI=1S/C21H22F3N5O4/c1-11-3-4-15(12-6-16(33-2)17(27-8-12)21(22,23)24)29(10-11)20(32)19(31)28-14-5-13(18(25)30)7-26-9-14/h5-9,11,15H,3-4,10H2,1-2H3,(H2,25,30)(H,28,31)/t11-,15+/m1/s1. The van der Waals surface area contributed by atoms with Crippen LogP contribution in [0.25, 0.3) is 0 Å². The summed E-state index contributed by atoms with van der Waals surface area (Å²) in [7, 11) is 1.10. The van der Waals surface area contributed by atoms with E-state index in [9.17, 15) is 27.6 Å². The minimum atomic E-state index is -4.70. The smallest absolute Gasteiger partial charge is 0.437 e. The summed E-state index contributed by atoms with van der Waals surface area (Å²) in [5.41, 5.74) is 4.50. The number of piperidine rings is 1.